The Hall–Kier alpha value is -1.35. The predicted octanol–water partition coefficient (Wildman–Crippen LogP) is 2.04. The van der Waals surface area contributed by atoms with Crippen molar-refractivity contribution >= 4 is 5.97 Å². The molecular formula is C14H19NO2. The first kappa shape index (κ1) is 12.1. The van der Waals surface area contributed by atoms with Crippen molar-refractivity contribution in [1.82, 2.24) is 0 Å². The van der Waals surface area contributed by atoms with Crippen LogP contribution in [0.4, 0.5) is 0 Å². The first-order chi connectivity index (χ1) is 8.21. The Kier molecular flexibility index (Phi) is 3.79. The Balaban J connectivity index is 1.65. The molecule has 0 amide bonds. The van der Waals surface area contributed by atoms with E-state index in [1.54, 1.807) is 0 Å². The lowest BCUT2D eigenvalue weighted by atomic mass is 9.78. The van der Waals surface area contributed by atoms with E-state index in [9.17, 15) is 4.79 Å². The van der Waals surface area contributed by atoms with Gasteiger partial charge in [-0.1, -0.05) is 30.3 Å². The van der Waals surface area contributed by atoms with E-state index >= 15 is 0 Å². The Morgan fingerprint density at radius 3 is 2.59 bits per heavy atom. The lowest BCUT2D eigenvalue weighted by Gasteiger charge is -2.35. The summed E-state index contributed by atoms with van der Waals surface area (Å²) in [6, 6.07) is 10.2. The van der Waals surface area contributed by atoms with E-state index in [0.29, 0.717) is 6.61 Å². The second-order valence-corrected chi connectivity index (χ2v) is 4.73. The predicted molar refractivity (Wildman–Crippen MR) is 66.5 cm³/mol. The number of carbonyl (C=O) groups is 1. The highest BCUT2D eigenvalue weighted by Gasteiger charge is 2.41. The number of esters is 1. The van der Waals surface area contributed by atoms with Crippen LogP contribution in [0.25, 0.3) is 0 Å². The molecular weight excluding hydrogens is 214 g/mol. The lowest BCUT2D eigenvalue weighted by Crippen LogP contribution is -2.54. The van der Waals surface area contributed by atoms with Crippen LogP contribution < -0.4 is 5.73 Å². The molecule has 1 aliphatic carbocycles. The van der Waals surface area contributed by atoms with Gasteiger partial charge in [0.15, 0.2) is 0 Å². The first-order valence-corrected chi connectivity index (χ1v) is 6.21. The van der Waals surface area contributed by atoms with E-state index in [1.165, 1.54) is 5.56 Å². The maximum Gasteiger partial charge on any atom is 0.326 e. The van der Waals surface area contributed by atoms with Gasteiger partial charge < -0.3 is 10.5 Å². The number of ether oxygens (including phenoxy) is 1. The molecule has 92 valence electrons. The summed E-state index contributed by atoms with van der Waals surface area (Å²) < 4.78 is 5.21. The molecule has 0 aliphatic heterocycles. The summed E-state index contributed by atoms with van der Waals surface area (Å²) in [5, 5.41) is 0. The van der Waals surface area contributed by atoms with Crippen molar-refractivity contribution in [2.45, 2.75) is 37.6 Å². The Bertz CT molecular complexity index is 371. The van der Waals surface area contributed by atoms with Crippen molar-refractivity contribution in [1.29, 1.82) is 0 Å². The van der Waals surface area contributed by atoms with Crippen LogP contribution in [-0.2, 0) is 16.0 Å². The van der Waals surface area contributed by atoms with Crippen molar-refractivity contribution in [3.63, 3.8) is 0 Å². The lowest BCUT2D eigenvalue weighted by molar-refractivity contribution is -0.153. The fourth-order valence-corrected chi connectivity index (χ4v) is 1.99. The topological polar surface area (TPSA) is 52.3 Å². The van der Waals surface area contributed by atoms with Crippen molar-refractivity contribution in [2.24, 2.45) is 5.73 Å². The normalized spacial score (nSPS) is 17.2. The van der Waals surface area contributed by atoms with Crippen LogP contribution >= 0.6 is 0 Å². The minimum atomic E-state index is -0.674. The first-order valence-electron chi connectivity index (χ1n) is 6.21. The smallest absolute Gasteiger partial charge is 0.326 e. The van der Waals surface area contributed by atoms with Crippen LogP contribution in [0.3, 0.4) is 0 Å². The van der Waals surface area contributed by atoms with E-state index in [1.807, 2.05) is 18.2 Å². The van der Waals surface area contributed by atoms with E-state index in [-0.39, 0.29) is 5.97 Å². The summed E-state index contributed by atoms with van der Waals surface area (Å²) in [6.45, 7) is 0.465. The molecule has 1 aromatic rings. The van der Waals surface area contributed by atoms with Gasteiger partial charge >= 0.3 is 5.97 Å². The summed E-state index contributed by atoms with van der Waals surface area (Å²) in [6.07, 6.45) is 4.36. The molecule has 1 fully saturated rings. The molecule has 0 atom stereocenters. The third-order valence-electron chi connectivity index (χ3n) is 3.34. The fourth-order valence-electron chi connectivity index (χ4n) is 1.99. The molecule has 0 unspecified atom stereocenters. The second kappa shape index (κ2) is 5.32. The van der Waals surface area contributed by atoms with Gasteiger partial charge in [-0.05, 0) is 37.7 Å². The van der Waals surface area contributed by atoms with Gasteiger partial charge in [0.25, 0.3) is 0 Å². The third-order valence-corrected chi connectivity index (χ3v) is 3.34. The third kappa shape index (κ3) is 3.07. The standard InChI is InChI=1S/C14H19NO2/c15-14(9-5-10-14)13(16)17-11-4-8-12-6-2-1-3-7-12/h1-3,6-7H,4-5,8-11,15H2. The van der Waals surface area contributed by atoms with Crippen molar-refractivity contribution < 1.29 is 9.53 Å². The Morgan fingerprint density at radius 2 is 2.00 bits per heavy atom. The van der Waals surface area contributed by atoms with Gasteiger partial charge in [-0.2, -0.15) is 0 Å². The van der Waals surface area contributed by atoms with E-state index < -0.39 is 5.54 Å². The van der Waals surface area contributed by atoms with Crippen LogP contribution in [0.5, 0.6) is 0 Å². The molecule has 0 saturated heterocycles. The summed E-state index contributed by atoms with van der Waals surface area (Å²) >= 11 is 0. The molecule has 17 heavy (non-hydrogen) atoms. The highest BCUT2D eigenvalue weighted by Crippen LogP contribution is 2.30. The van der Waals surface area contributed by atoms with E-state index in [2.05, 4.69) is 12.1 Å². The van der Waals surface area contributed by atoms with Gasteiger partial charge in [0.2, 0.25) is 0 Å². The highest BCUT2D eigenvalue weighted by atomic mass is 16.5. The van der Waals surface area contributed by atoms with Crippen molar-refractivity contribution in [2.75, 3.05) is 6.61 Å². The zero-order chi connectivity index (χ0) is 12.1. The number of carbonyl (C=O) groups excluding carboxylic acids is 1. The van der Waals surface area contributed by atoms with Crippen molar-refractivity contribution in [3.05, 3.63) is 35.9 Å². The maximum absolute atomic E-state index is 11.6. The van der Waals surface area contributed by atoms with Crippen molar-refractivity contribution in [3.8, 4) is 0 Å². The van der Waals surface area contributed by atoms with Crippen LogP contribution in [0.15, 0.2) is 30.3 Å². The molecule has 3 nitrogen and oxygen atoms in total. The largest absolute Gasteiger partial charge is 0.464 e. The molecule has 0 aromatic heterocycles. The molecule has 1 aliphatic rings. The summed E-state index contributed by atoms with van der Waals surface area (Å²) in [7, 11) is 0. The molecule has 2 rings (SSSR count). The molecule has 0 radical (unpaired) electrons. The quantitative estimate of drug-likeness (QED) is 0.625. The van der Waals surface area contributed by atoms with E-state index in [4.69, 9.17) is 10.5 Å². The van der Waals surface area contributed by atoms with Crippen LogP contribution in [0.2, 0.25) is 0 Å². The number of aryl methyl sites for hydroxylation is 1. The monoisotopic (exact) mass is 233 g/mol. The van der Waals surface area contributed by atoms with Crippen LogP contribution in [0.1, 0.15) is 31.2 Å². The molecule has 0 spiro atoms. The molecule has 1 aromatic carbocycles. The average Bonchev–Trinajstić information content (AvgIpc) is 2.32. The van der Waals surface area contributed by atoms with Gasteiger partial charge in [0.05, 0.1) is 6.61 Å². The minimum absolute atomic E-state index is 0.225. The second-order valence-electron chi connectivity index (χ2n) is 4.73. The number of benzene rings is 1. The minimum Gasteiger partial charge on any atom is -0.464 e. The van der Waals surface area contributed by atoms with Gasteiger partial charge in [0.1, 0.15) is 5.54 Å². The zero-order valence-electron chi connectivity index (χ0n) is 10.0. The number of rotatable bonds is 5. The van der Waals surface area contributed by atoms with Crippen LogP contribution in [-0.4, -0.2) is 18.1 Å². The Labute approximate surface area is 102 Å². The molecule has 2 N–H and O–H groups in total. The molecule has 0 bridgehead atoms. The summed E-state index contributed by atoms with van der Waals surface area (Å²) in [4.78, 5) is 11.6. The van der Waals surface area contributed by atoms with Gasteiger partial charge in [-0.3, -0.25) is 4.79 Å². The van der Waals surface area contributed by atoms with Gasteiger partial charge in [-0.25, -0.2) is 0 Å². The number of hydrogen-bond donors (Lipinski definition) is 1. The summed E-state index contributed by atoms with van der Waals surface area (Å²) in [5.74, 6) is -0.225. The van der Waals surface area contributed by atoms with Gasteiger partial charge in [0, 0.05) is 0 Å². The number of hydrogen-bond acceptors (Lipinski definition) is 3. The van der Waals surface area contributed by atoms with Crippen LogP contribution in [0, 0.1) is 0 Å². The zero-order valence-corrected chi connectivity index (χ0v) is 10.0. The Morgan fingerprint density at radius 1 is 1.29 bits per heavy atom. The van der Waals surface area contributed by atoms with E-state index in [0.717, 1.165) is 32.1 Å². The maximum atomic E-state index is 11.6. The SMILES string of the molecule is NC1(C(=O)OCCCc2ccccc2)CCC1. The molecule has 0 heterocycles. The highest BCUT2D eigenvalue weighted by molar-refractivity contribution is 5.81. The molecule has 3 heteroatoms. The summed E-state index contributed by atoms with van der Waals surface area (Å²) in [5.41, 5.74) is 6.46. The van der Waals surface area contributed by atoms with Gasteiger partial charge in [-0.15, -0.1) is 0 Å². The molecule has 1 saturated carbocycles. The fraction of sp³-hybridized carbons (Fsp3) is 0.500. The average molecular weight is 233 g/mol. The number of nitrogens with two attached hydrogens (primary N) is 1.